The second-order valence-corrected chi connectivity index (χ2v) is 7.14. The van der Waals surface area contributed by atoms with Gasteiger partial charge in [0.1, 0.15) is 0 Å². The van der Waals surface area contributed by atoms with Gasteiger partial charge < -0.3 is 0 Å². The summed E-state index contributed by atoms with van der Waals surface area (Å²) in [5.74, 6) is 0. The molecule has 3 heteroatoms. The monoisotopic (exact) mass is 302 g/mol. The van der Waals surface area contributed by atoms with E-state index < -0.39 is 0 Å². The van der Waals surface area contributed by atoms with Gasteiger partial charge in [0, 0.05) is 10.0 Å². The number of alkyl halides is 1. The summed E-state index contributed by atoms with van der Waals surface area (Å²) in [6.45, 7) is 4.51. The summed E-state index contributed by atoms with van der Waals surface area (Å²) in [4.78, 5) is 0. The molecule has 18 heavy (non-hydrogen) atoms. The van der Waals surface area contributed by atoms with Crippen LogP contribution < -0.4 is 0 Å². The Balaban J connectivity index is 2.24. The average molecular weight is 304 g/mol. The van der Waals surface area contributed by atoms with Crippen LogP contribution in [0.3, 0.4) is 0 Å². The maximum Gasteiger partial charge on any atom is 0.0523 e. The van der Waals surface area contributed by atoms with E-state index in [4.69, 9.17) is 34.8 Å². The van der Waals surface area contributed by atoms with Crippen LogP contribution in [0.15, 0.2) is 29.8 Å². The van der Waals surface area contributed by atoms with Crippen molar-refractivity contribution in [3.8, 4) is 0 Å². The first-order valence-corrected chi connectivity index (χ1v) is 7.33. The molecule has 1 aliphatic rings. The topological polar surface area (TPSA) is 0 Å². The molecule has 0 amide bonds. The molecule has 0 bridgehead atoms. The third kappa shape index (κ3) is 3.44. The highest BCUT2D eigenvalue weighted by Crippen LogP contribution is 2.39. The second kappa shape index (κ2) is 5.45. The minimum Gasteiger partial charge on any atom is -0.118 e. The fraction of sp³-hybridized carbons (Fsp3) is 0.467. The molecule has 0 fully saturated rings. The minimum absolute atomic E-state index is 0.116. The van der Waals surface area contributed by atoms with Gasteiger partial charge in [0.05, 0.1) is 5.38 Å². The first-order chi connectivity index (χ1) is 8.37. The van der Waals surface area contributed by atoms with Gasteiger partial charge in [-0.3, -0.25) is 0 Å². The molecule has 1 aliphatic carbocycles. The van der Waals surface area contributed by atoms with E-state index in [-0.39, 0.29) is 10.8 Å². The van der Waals surface area contributed by atoms with Gasteiger partial charge in [-0.15, -0.1) is 11.6 Å². The van der Waals surface area contributed by atoms with Crippen LogP contribution in [0.2, 0.25) is 10.0 Å². The van der Waals surface area contributed by atoms with Crippen molar-refractivity contribution >= 4 is 34.8 Å². The zero-order chi connectivity index (χ0) is 13.3. The van der Waals surface area contributed by atoms with Gasteiger partial charge in [0.15, 0.2) is 0 Å². The highest BCUT2D eigenvalue weighted by molar-refractivity contribution is 6.36. The molecule has 1 atom stereocenters. The van der Waals surface area contributed by atoms with Gasteiger partial charge in [-0.2, -0.15) is 0 Å². The third-order valence-corrected chi connectivity index (χ3v) is 4.32. The molecule has 0 saturated heterocycles. The van der Waals surface area contributed by atoms with Gasteiger partial charge in [0.25, 0.3) is 0 Å². The van der Waals surface area contributed by atoms with Crippen LogP contribution in [-0.2, 0) is 6.42 Å². The molecule has 0 nitrogen and oxygen atoms in total. The van der Waals surface area contributed by atoms with Crippen molar-refractivity contribution < 1.29 is 0 Å². The summed E-state index contributed by atoms with van der Waals surface area (Å²) in [6.07, 6.45) is 5.03. The molecule has 0 spiro atoms. The SMILES string of the molecule is CC1(C)CC(Cc2c(Cl)cccc2Cl)=CC(Cl)C1. The van der Waals surface area contributed by atoms with Crippen LogP contribution in [0.1, 0.15) is 32.3 Å². The molecule has 0 aromatic heterocycles. The zero-order valence-electron chi connectivity index (χ0n) is 10.6. The van der Waals surface area contributed by atoms with Gasteiger partial charge in [-0.1, -0.05) is 54.8 Å². The van der Waals surface area contributed by atoms with E-state index in [9.17, 15) is 0 Å². The Morgan fingerprint density at radius 1 is 1.22 bits per heavy atom. The quantitative estimate of drug-likeness (QED) is 0.472. The Hall–Kier alpha value is -0.170. The molecule has 0 saturated carbocycles. The fourth-order valence-electron chi connectivity index (χ4n) is 2.64. The summed E-state index contributed by atoms with van der Waals surface area (Å²) >= 11 is 18.7. The molecular weight excluding hydrogens is 287 g/mol. The smallest absolute Gasteiger partial charge is 0.0523 e. The van der Waals surface area contributed by atoms with E-state index in [2.05, 4.69) is 19.9 Å². The lowest BCUT2D eigenvalue weighted by Crippen LogP contribution is -2.22. The van der Waals surface area contributed by atoms with Crippen molar-refractivity contribution in [3.05, 3.63) is 45.5 Å². The molecule has 1 aromatic carbocycles. The molecule has 2 rings (SSSR count). The van der Waals surface area contributed by atoms with Gasteiger partial charge in [-0.05, 0) is 42.4 Å². The summed E-state index contributed by atoms with van der Waals surface area (Å²) in [5, 5.41) is 1.58. The molecular formula is C15H17Cl3. The molecule has 0 heterocycles. The van der Waals surface area contributed by atoms with Crippen molar-refractivity contribution in [2.24, 2.45) is 5.41 Å². The van der Waals surface area contributed by atoms with E-state index in [0.29, 0.717) is 0 Å². The first kappa shape index (κ1) is 14.2. The molecule has 1 unspecified atom stereocenters. The Kier molecular flexibility index (Phi) is 4.31. The van der Waals surface area contributed by atoms with E-state index in [1.807, 2.05) is 18.2 Å². The summed E-state index contributed by atoms with van der Waals surface area (Å²) in [6, 6.07) is 5.64. The van der Waals surface area contributed by atoms with Crippen LogP contribution in [0, 0.1) is 5.41 Å². The van der Waals surface area contributed by atoms with Gasteiger partial charge in [0.2, 0.25) is 0 Å². The Bertz CT molecular complexity index is 454. The standard InChI is InChI=1S/C15H17Cl3/c1-15(2)8-10(6-11(16)9-15)7-12-13(17)4-3-5-14(12)18/h3-6,11H,7-9H2,1-2H3. The highest BCUT2D eigenvalue weighted by Gasteiger charge is 2.28. The summed E-state index contributed by atoms with van der Waals surface area (Å²) in [5.41, 5.74) is 2.60. The van der Waals surface area contributed by atoms with Crippen LogP contribution in [-0.4, -0.2) is 5.38 Å². The number of rotatable bonds is 2. The van der Waals surface area contributed by atoms with Crippen LogP contribution >= 0.6 is 34.8 Å². The third-order valence-electron chi connectivity index (χ3n) is 3.34. The summed E-state index contributed by atoms with van der Waals surface area (Å²) < 4.78 is 0. The fourth-order valence-corrected chi connectivity index (χ4v) is 3.77. The molecule has 0 aliphatic heterocycles. The molecule has 0 N–H and O–H groups in total. The lowest BCUT2D eigenvalue weighted by molar-refractivity contribution is 0.320. The molecule has 98 valence electrons. The number of hydrogen-bond donors (Lipinski definition) is 0. The van der Waals surface area contributed by atoms with Gasteiger partial charge in [-0.25, -0.2) is 0 Å². The van der Waals surface area contributed by atoms with E-state index in [1.165, 1.54) is 5.57 Å². The maximum absolute atomic E-state index is 6.30. The largest absolute Gasteiger partial charge is 0.118 e. The van der Waals surface area contributed by atoms with Crippen molar-refractivity contribution in [3.63, 3.8) is 0 Å². The minimum atomic E-state index is 0.116. The molecule has 1 aromatic rings. The van der Waals surface area contributed by atoms with Crippen molar-refractivity contribution in [1.82, 2.24) is 0 Å². The van der Waals surface area contributed by atoms with E-state index in [0.717, 1.165) is 34.9 Å². The zero-order valence-corrected chi connectivity index (χ0v) is 12.9. The van der Waals surface area contributed by atoms with E-state index >= 15 is 0 Å². The maximum atomic E-state index is 6.30. The Labute approximate surface area is 124 Å². The number of hydrogen-bond acceptors (Lipinski definition) is 0. The van der Waals surface area contributed by atoms with Crippen LogP contribution in [0.5, 0.6) is 0 Å². The van der Waals surface area contributed by atoms with Gasteiger partial charge >= 0.3 is 0 Å². The Morgan fingerprint density at radius 3 is 2.39 bits per heavy atom. The highest BCUT2D eigenvalue weighted by atomic mass is 35.5. The van der Waals surface area contributed by atoms with Crippen molar-refractivity contribution in [2.75, 3.05) is 0 Å². The number of allylic oxidation sites excluding steroid dienone is 2. The van der Waals surface area contributed by atoms with E-state index in [1.54, 1.807) is 0 Å². The second-order valence-electron chi connectivity index (χ2n) is 5.76. The van der Waals surface area contributed by atoms with Crippen LogP contribution in [0.4, 0.5) is 0 Å². The Morgan fingerprint density at radius 2 is 1.83 bits per heavy atom. The average Bonchev–Trinajstić information content (AvgIpc) is 2.21. The predicted molar refractivity (Wildman–Crippen MR) is 80.9 cm³/mol. The predicted octanol–water partition coefficient (Wildman–Crippen LogP) is 5.89. The summed E-state index contributed by atoms with van der Waals surface area (Å²) in [7, 11) is 0. The molecule has 0 radical (unpaired) electrons. The van der Waals surface area contributed by atoms with Crippen molar-refractivity contribution in [2.45, 2.75) is 38.5 Å². The number of benzene rings is 1. The lowest BCUT2D eigenvalue weighted by Gasteiger charge is -2.32. The number of halogens is 3. The van der Waals surface area contributed by atoms with Crippen LogP contribution in [0.25, 0.3) is 0 Å². The normalized spacial score (nSPS) is 22.7. The lowest BCUT2D eigenvalue weighted by atomic mass is 9.76. The van der Waals surface area contributed by atoms with Crippen molar-refractivity contribution in [1.29, 1.82) is 0 Å². The first-order valence-electron chi connectivity index (χ1n) is 6.14.